The number of ether oxygens (including phenoxy) is 2. The van der Waals surface area contributed by atoms with Gasteiger partial charge in [-0.15, -0.1) is 0 Å². The van der Waals surface area contributed by atoms with Crippen LogP contribution >= 0.6 is 23.2 Å². The molecule has 0 aliphatic carbocycles. The zero-order valence-electron chi connectivity index (χ0n) is 25.6. The van der Waals surface area contributed by atoms with Gasteiger partial charge in [0.1, 0.15) is 23.5 Å². The van der Waals surface area contributed by atoms with Crippen molar-refractivity contribution in [3.63, 3.8) is 0 Å². The van der Waals surface area contributed by atoms with Crippen LogP contribution in [0.2, 0.25) is 10.0 Å². The molecule has 1 atom stereocenters. The third kappa shape index (κ3) is 7.12. The number of rotatable bonds is 10. The maximum atomic E-state index is 12.7. The summed E-state index contributed by atoms with van der Waals surface area (Å²) in [5.74, 6) is 1.20. The maximum Gasteiger partial charge on any atom is 0.162 e. The molecular weight excluding hydrogens is 635 g/mol. The number of nitrogens with zero attached hydrogens (tertiary/aromatic N) is 6. The zero-order chi connectivity index (χ0) is 32.5. The van der Waals surface area contributed by atoms with Crippen molar-refractivity contribution in [1.82, 2.24) is 14.9 Å². The average Bonchev–Trinajstić information content (AvgIpc) is 3.47. The number of aromatic nitrogens is 2. The number of pyridine rings is 2. The lowest BCUT2D eigenvalue weighted by atomic mass is 9.89. The molecule has 0 saturated carbocycles. The highest BCUT2D eigenvalue weighted by Crippen LogP contribution is 2.39. The molecule has 4 heterocycles. The molecule has 0 bridgehead atoms. The van der Waals surface area contributed by atoms with Crippen molar-refractivity contribution in [1.29, 1.82) is 10.7 Å². The summed E-state index contributed by atoms with van der Waals surface area (Å²) >= 11 is 12.7. The number of benzene rings is 1. The quantitative estimate of drug-likeness (QED) is 0.219. The van der Waals surface area contributed by atoms with E-state index in [0.29, 0.717) is 62.7 Å². The van der Waals surface area contributed by atoms with Crippen LogP contribution in [-0.4, -0.2) is 82.7 Å². The minimum absolute atomic E-state index is 0.0573. The van der Waals surface area contributed by atoms with Crippen LogP contribution in [0.25, 0.3) is 0 Å². The average molecular weight is 672 g/mol. The second-order valence-corrected chi connectivity index (χ2v) is 15.1. The van der Waals surface area contributed by atoms with Crippen molar-refractivity contribution in [3.05, 3.63) is 69.1 Å². The first kappa shape index (κ1) is 32.8. The Morgan fingerprint density at radius 1 is 1.18 bits per heavy atom. The van der Waals surface area contributed by atoms with Gasteiger partial charge in [0.2, 0.25) is 0 Å². The Morgan fingerprint density at radius 2 is 1.84 bits per heavy atom. The molecular formula is C31H36Cl2N8O3S. The van der Waals surface area contributed by atoms with E-state index >= 15 is 0 Å². The molecule has 0 amide bonds. The Kier molecular flexibility index (Phi) is 9.46. The van der Waals surface area contributed by atoms with E-state index in [-0.39, 0.29) is 11.4 Å². The molecule has 1 aromatic carbocycles. The van der Waals surface area contributed by atoms with E-state index in [9.17, 15) is 9.47 Å². The van der Waals surface area contributed by atoms with Crippen molar-refractivity contribution in [2.24, 2.45) is 4.36 Å². The van der Waals surface area contributed by atoms with Gasteiger partial charge in [0.15, 0.2) is 11.5 Å². The van der Waals surface area contributed by atoms with Gasteiger partial charge in [0, 0.05) is 88.9 Å². The van der Waals surface area contributed by atoms with Gasteiger partial charge < -0.3 is 25.0 Å². The fourth-order valence-electron chi connectivity index (χ4n) is 6.01. The molecule has 0 radical (unpaired) electrons. The fraction of sp³-hybridized carbons (Fsp3) is 0.419. The summed E-state index contributed by atoms with van der Waals surface area (Å²) in [6, 6.07) is 7.07. The summed E-state index contributed by atoms with van der Waals surface area (Å²) in [4.78, 5) is 13.0. The lowest BCUT2D eigenvalue weighted by Crippen LogP contribution is -2.66. The second kappa shape index (κ2) is 13.0. The molecule has 0 unspecified atom stereocenters. The maximum absolute atomic E-state index is 12.7. The number of nitrogens with one attached hydrogen (secondary N) is 1. The third-order valence-electron chi connectivity index (χ3n) is 7.88. The van der Waals surface area contributed by atoms with E-state index in [1.165, 1.54) is 19.5 Å². The first-order chi connectivity index (χ1) is 21.3. The minimum Gasteiger partial charge on any atom is -0.493 e. The first-order valence-electron chi connectivity index (χ1n) is 14.4. The topological polar surface area (TPSA) is 154 Å². The van der Waals surface area contributed by atoms with Gasteiger partial charge in [-0.25, -0.2) is 9.35 Å². The Hall–Kier alpha value is -3.63. The number of hydrogen-bond donors (Lipinski definition) is 2. The van der Waals surface area contributed by atoms with E-state index in [1.807, 2.05) is 4.90 Å². The second-order valence-electron chi connectivity index (χ2n) is 11.8. The molecule has 2 saturated heterocycles. The highest BCUT2D eigenvalue weighted by molar-refractivity contribution is 7.92. The van der Waals surface area contributed by atoms with E-state index in [2.05, 4.69) is 20.9 Å². The highest BCUT2D eigenvalue weighted by atomic mass is 35.5. The van der Waals surface area contributed by atoms with Crippen LogP contribution in [0.4, 0.5) is 11.5 Å². The van der Waals surface area contributed by atoms with Gasteiger partial charge in [-0.05, 0) is 45.0 Å². The van der Waals surface area contributed by atoms with Gasteiger partial charge in [0.25, 0.3) is 0 Å². The molecule has 3 N–H and O–H groups in total. The van der Waals surface area contributed by atoms with E-state index in [1.54, 1.807) is 43.8 Å². The SMILES string of the molecule is COc1cc(N)c(C(=N)c2cnc(N3CC(CN4CCCC4)(N=S(C)(C)=O)C3)c(C#N)c2)cc1O[C@H](C)c1c(Cl)cncc1Cl. The molecule has 2 aliphatic heterocycles. The van der Waals surface area contributed by atoms with Gasteiger partial charge in [-0.3, -0.25) is 14.6 Å². The number of anilines is 2. The summed E-state index contributed by atoms with van der Waals surface area (Å²) in [6.45, 7) is 5.56. The lowest BCUT2D eigenvalue weighted by molar-refractivity contribution is 0.214. The zero-order valence-corrected chi connectivity index (χ0v) is 28.0. The predicted octanol–water partition coefficient (Wildman–Crippen LogP) is 5.18. The van der Waals surface area contributed by atoms with E-state index in [0.717, 1.165) is 32.5 Å². The summed E-state index contributed by atoms with van der Waals surface area (Å²) in [5, 5.41) is 19.8. The van der Waals surface area contributed by atoms with Crippen molar-refractivity contribution < 1.29 is 13.7 Å². The molecule has 45 heavy (non-hydrogen) atoms. The number of nitrogen functional groups attached to an aromatic ring is 1. The molecule has 11 nitrogen and oxygen atoms in total. The van der Waals surface area contributed by atoms with Crippen LogP contribution in [0.1, 0.15) is 48.1 Å². The number of methoxy groups -OCH3 is 1. The van der Waals surface area contributed by atoms with E-state index < -0.39 is 21.4 Å². The third-order valence-corrected chi connectivity index (χ3v) is 9.31. The molecule has 2 aliphatic rings. The van der Waals surface area contributed by atoms with E-state index in [4.69, 9.17) is 48.2 Å². The molecule has 0 spiro atoms. The normalized spacial score (nSPS) is 16.9. The van der Waals surface area contributed by atoms with Crippen LogP contribution in [0, 0.1) is 16.7 Å². The Bertz CT molecular complexity index is 1760. The smallest absolute Gasteiger partial charge is 0.162 e. The van der Waals surface area contributed by atoms with Gasteiger partial charge in [0.05, 0.1) is 28.4 Å². The van der Waals surface area contributed by atoms with Crippen LogP contribution < -0.4 is 20.1 Å². The molecule has 3 aromatic rings. The van der Waals surface area contributed by atoms with Gasteiger partial charge in [-0.1, -0.05) is 23.2 Å². The fourth-order valence-corrected chi connectivity index (χ4v) is 7.79. The number of hydrogen-bond acceptors (Lipinski definition) is 11. The van der Waals surface area contributed by atoms with Crippen molar-refractivity contribution in [2.75, 3.05) is 63.0 Å². The summed E-state index contributed by atoms with van der Waals surface area (Å²) in [7, 11) is -0.840. The molecule has 238 valence electrons. The Labute approximate surface area is 273 Å². The summed E-state index contributed by atoms with van der Waals surface area (Å²) < 4.78 is 29.2. The first-order valence-corrected chi connectivity index (χ1v) is 17.5. The van der Waals surface area contributed by atoms with Crippen LogP contribution in [0.3, 0.4) is 0 Å². The van der Waals surface area contributed by atoms with Crippen LogP contribution in [0.5, 0.6) is 11.5 Å². The van der Waals surface area contributed by atoms with Crippen molar-refractivity contribution in [3.8, 4) is 17.6 Å². The number of nitrogens with two attached hydrogens (primary N) is 1. The summed E-state index contributed by atoms with van der Waals surface area (Å²) in [6.07, 6.45) is 9.58. The van der Waals surface area contributed by atoms with Gasteiger partial charge in [-0.2, -0.15) is 5.26 Å². The molecule has 2 fully saturated rings. The van der Waals surface area contributed by atoms with Gasteiger partial charge >= 0.3 is 0 Å². The van der Waals surface area contributed by atoms with Crippen molar-refractivity contribution >= 4 is 50.1 Å². The lowest BCUT2D eigenvalue weighted by Gasteiger charge is -2.49. The molecule has 14 heteroatoms. The Balaban J connectivity index is 1.40. The number of halogens is 2. The van der Waals surface area contributed by atoms with Crippen molar-refractivity contribution in [2.45, 2.75) is 31.4 Å². The monoisotopic (exact) mass is 670 g/mol. The largest absolute Gasteiger partial charge is 0.493 e. The highest BCUT2D eigenvalue weighted by Gasteiger charge is 2.46. The molecule has 2 aromatic heterocycles. The van der Waals surface area contributed by atoms with Crippen LogP contribution in [0.15, 0.2) is 41.2 Å². The Morgan fingerprint density at radius 3 is 2.44 bits per heavy atom. The van der Waals surface area contributed by atoms with Crippen LogP contribution in [-0.2, 0) is 9.73 Å². The predicted molar refractivity (Wildman–Crippen MR) is 179 cm³/mol. The minimum atomic E-state index is -2.33. The number of likely N-dealkylation sites (tertiary alicyclic amines) is 1. The number of nitriles is 1. The standard InChI is InChI=1S/C31H36Cl2N8O3S/c1-19(28-23(32)14-37-15-24(28)33)44-27-10-22(25(35)11-26(27)43-2)29(36)21-9-20(12-34)30(38-13-21)41-17-31(18-41,39-45(3,4)42)16-40-7-5-6-8-40/h9-11,13-15,19,36H,5-8,16-18,35H2,1-4H3/t19-/m1/s1. The molecule has 5 rings (SSSR count). The summed E-state index contributed by atoms with van der Waals surface area (Å²) in [5.41, 5.74) is 7.88.